The highest BCUT2D eigenvalue weighted by Crippen LogP contribution is 1.93. The van der Waals surface area contributed by atoms with E-state index in [4.69, 9.17) is 0 Å². The SMILES string of the molecule is COC1=C[N]C(=O)N1. The van der Waals surface area contributed by atoms with Gasteiger partial charge < -0.3 is 4.74 Å². The minimum absolute atomic E-state index is 0.373. The van der Waals surface area contributed by atoms with Crippen LogP contribution in [-0.4, -0.2) is 13.1 Å². The molecule has 0 spiro atoms. The summed E-state index contributed by atoms with van der Waals surface area (Å²) in [6.45, 7) is 0. The van der Waals surface area contributed by atoms with E-state index in [0.29, 0.717) is 5.88 Å². The molecule has 1 heterocycles. The van der Waals surface area contributed by atoms with Gasteiger partial charge in [-0.05, 0) is 0 Å². The van der Waals surface area contributed by atoms with Crippen molar-refractivity contribution in [2.24, 2.45) is 0 Å². The lowest BCUT2D eigenvalue weighted by atomic mass is 10.9. The maximum Gasteiger partial charge on any atom is 0.347 e. The number of carbonyl (C=O) groups is 1. The van der Waals surface area contributed by atoms with Crippen LogP contribution in [0.25, 0.3) is 0 Å². The fraction of sp³-hybridized carbons (Fsp3) is 0.250. The van der Waals surface area contributed by atoms with Gasteiger partial charge in [0.15, 0.2) is 0 Å². The molecular formula is C4H5N2O2. The second-order valence-corrected chi connectivity index (χ2v) is 1.26. The third-order valence-electron chi connectivity index (χ3n) is 0.749. The Balaban J connectivity index is 2.49. The zero-order valence-electron chi connectivity index (χ0n) is 4.34. The molecule has 8 heavy (non-hydrogen) atoms. The first-order valence-corrected chi connectivity index (χ1v) is 2.09. The van der Waals surface area contributed by atoms with Crippen LogP contribution >= 0.6 is 0 Å². The number of amides is 2. The largest absolute Gasteiger partial charge is 0.481 e. The zero-order chi connectivity index (χ0) is 5.98. The van der Waals surface area contributed by atoms with Gasteiger partial charge in [-0.3, -0.25) is 5.32 Å². The van der Waals surface area contributed by atoms with Crippen molar-refractivity contribution in [3.8, 4) is 0 Å². The first kappa shape index (κ1) is 4.96. The van der Waals surface area contributed by atoms with Crippen LogP contribution in [0, 0.1) is 0 Å². The Morgan fingerprint density at radius 2 is 2.62 bits per heavy atom. The topological polar surface area (TPSA) is 52.4 Å². The van der Waals surface area contributed by atoms with Gasteiger partial charge in [-0.25, -0.2) is 4.79 Å². The van der Waals surface area contributed by atoms with E-state index in [1.54, 1.807) is 0 Å². The molecule has 2 amide bonds. The van der Waals surface area contributed by atoms with Gasteiger partial charge in [0.1, 0.15) is 0 Å². The first-order valence-electron chi connectivity index (χ1n) is 2.09. The highest BCUT2D eigenvalue weighted by atomic mass is 16.5. The molecule has 1 aliphatic rings. The second kappa shape index (κ2) is 1.73. The number of urea groups is 1. The van der Waals surface area contributed by atoms with Gasteiger partial charge >= 0.3 is 6.03 Å². The molecule has 0 fully saturated rings. The van der Waals surface area contributed by atoms with Crippen molar-refractivity contribution < 1.29 is 9.53 Å². The lowest BCUT2D eigenvalue weighted by Gasteiger charge is -1.94. The summed E-state index contributed by atoms with van der Waals surface area (Å²) < 4.78 is 4.62. The summed E-state index contributed by atoms with van der Waals surface area (Å²) in [4.78, 5) is 10.2. The molecule has 4 heteroatoms. The van der Waals surface area contributed by atoms with Gasteiger partial charge in [0.25, 0.3) is 0 Å². The third-order valence-corrected chi connectivity index (χ3v) is 0.749. The zero-order valence-corrected chi connectivity index (χ0v) is 4.34. The van der Waals surface area contributed by atoms with Gasteiger partial charge in [-0.2, -0.15) is 5.32 Å². The lowest BCUT2D eigenvalue weighted by molar-refractivity contribution is 0.236. The molecule has 1 aliphatic heterocycles. The monoisotopic (exact) mass is 113 g/mol. The molecule has 0 saturated heterocycles. The predicted molar refractivity (Wildman–Crippen MR) is 25.8 cm³/mol. The Labute approximate surface area is 46.5 Å². The minimum Gasteiger partial charge on any atom is -0.481 e. The number of nitrogens with one attached hydrogen (secondary N) is 1. The van der Waals surface area contributed by atoms with Gasteiger partial charge in [0.2, 0.25) is 5.88 Å². The molecule has 1 N–H and O–H groups in total. The first-order chi connectivity index (χ1) is 3.83. The lowest BCUT2D eigenvalue weighted by Crippen LogP contribution is -2.18. The number of hydrogen-bond donors (Lipinski definition) is 1. The average molecular weight is 113 g/mol. The van der Waals surface area contributed by atoms with Crippen molar-refractivity contribution in [1.29, 1.82) is 0 Å². The van der Waals surface area contributed by atoms with Crippen LogP contribution in [0.2, 0.25) is 0 Å². The summed E-state index contributed by atoms with van der Waals surface area (Å²) >= 11 is 0. The van der Waals surface area contributed by atoms with E-state index in [9.17, 15) is 4.79 Å². The molecule has 43 valence electrons. The molecule has 0 unspecified atom stereocenters. The maximum absolute atomic E-state index is 10.2. The van der Waals surface area contributed by atoms with Crippen LogP contribution in [-0.2, 0) is 4.74 Å². The summed E-state index contributed by atoms with van der Waals surface area (Å²) in [5, 5.41) is 5.69. The van der Waals surface area contributed by atoms with Crippen LogP contribution in [0.15, 0.2) is 12.1 Å². The molecule has 4 nitrogen and oxygen atoms in total. The fourth-order valence-corrected chi connectivity index (χ4v) is 0.391. The summed E-state index contributed by atoms with van der Waals surface area (Å²) in [5.41, 5.74) is 0. The molecule has 0 aromatic heterocycles. The van der Waals surface area contributed by atoms with E-state index < -0.39 is 0 Å². The summed E-state index contributed by atoms with van der Waals surface area (Å²) in [6.07, 6.45) is 1.34. The Kier molecular flexibility index (Phi) is 1.07. The molecule has 1 radical (unpaired) electrons. The Bertz CT molecular complexity index is 141. The minimum atomic E-state index is -0.373. The summed E-state index contributed by atoms with van der Waals surface area (Å²) in [5.74, 6) is 0.398. The van der Waals surface area contributed by atoms with Crippen molar-refractivity contribution in [3.05, 3.63) is 12.1 Å². The molecular weight excluding hydrogens is 108 g/mol. The Morgan fingerprint density at radius 3 is 2.88 bits per heavy atom. The molecule has 0 aromatic carbocycles. The van der Waals surface area contributed by atoms with Crippen molar-refractivity contribution in [2.45, 2.75) is 0 Å². The molecule has 0 aromatic rings. The van der Waals surface area contributed by atoms with Gasteiger partial charge in [0.05, 0.1) is 13.3 Å². The third kappa shape index (κ3) is 0.726. The maximum atomic E-state index is 10.2. The molecule has 0 bridgehead atoms. The van der Waals surface area contributed by atoms with Crippen molar-refractivity contribution in [1.82, 2.24) is 10.6 Å². The highest BCUT2D eigenvalue weighted by molar-refractivity contribution is 5.78. The standard InChI is InChI=1S/C4H5N2O2/c1-8-3-2-5-4(7)6-3/h2H,1H3,(H,6,7). The van der Waals surface area contributed by atoms with Gasteiger partial charge in [-0.15, -0.1) is 0 Å². The normalized spacial score (nSPS) is 16.6. The Morgan fingerprint density at radius 1 is 1.88 bits per heavy atom. The Hall–Kier alpha value is -1.19. The number of rotatable bonds is 1. The fourth-order valence-electron chi connectivity index (χ4n) is 0.391. The predicted octanol–water partition coefficient (Wildman–Crippen LogP) is -0.241. The molecule has 0 saturated carbocycles. The molecule has 1 rings (SSSR count). The molecule has 0 aliphatic carbocycles. The van der Waals surface area contributed by atoms with E-state index in [0.717, 1.165) is 0 Å². The smallest absolute Gasteiger partial charge is 0.347 e. The molecule has 0 atom stereocenters. The van der Waals surface area contributed by atoms with Crippen LogP contribution < -0.4 is 10.6 Å². The number of carbonyl (C=O) groups excluding carboxylic acids is 1. The number of nitrogens with zero attached hydrogens (tertiary/aromatic N) is 1. The second-order valence-electron chi connectivity index (χ2n) is 1.26. The highest BCUT2D eigenvalue weighted by Gasteiger charge is 2.11. The van der Waals surface area contributed by atoms with E-state index in [1.165, 1.54) is 13.3 Å². The van der Waals surface area contributed by atoms with Gasteiger partial charge in [0, 0.05) is 0 Å². The van der Waals surface area contributed by atoms with Crippen LogP contribution in [0.1, 0.15) is 0 Å². The number of hydrogen-bond acceptors (Lipinski definition) is 2. The van der Waals surface area contributed by atoms with Crippen LogP contribution in [0.5, 0.6) is 0 Å². The van der Waals surface area contributed by atoms with Crippen molar-refractivity contribution >= 4 is 6.03 Å². The number of ether oxygens (including phenoxy) is 1. The van der Waals surface area contributed by atoms with E-state index in [-0.39, 0.29) is 6.03 Å². The van der Waals surface area contributed by atoms with Crippen LogP contribution in [0.4, 0.5) is 4.79 Å². The van der Waals surface area contributed by atoms with E-state index in [2.05, 4.69) is 15.4 Å². The summed E-state index contributed by atoms with van der Waals surface area (Å²) in [7, 11) is 1.47. The summed E-state index contributed by atoms with van der Waals surface area (Å²) in [6, 6.07) is -0.373. The van der Waals surface area contributed by atoms with Gasteiger partial charge in [-0.1, -0.05) is 0 Å². The van der Waals surface area contributed by atoms with Crippen molar-refractivity contribution in [2.75, 3.05) is 7.11 Å². The quantitative estimate of drug-likeness (QED) is 0.510. The average Bonchev–Trinajstić information content (AvgIpc) is 2.14. The van der Waals surface area contributed by atoms with Crippen molar-refractivity contribution in [3.63, 3.8) is 0 Å². The van der Waals surface area contributed by atoms with Crippen LogP contribution in [0.3, 0.4) is 0 Å². The van der Waals surface area contributed by atoms with E-state index >= 15 is 0 Å². The van der Waals surface area contributed by atoms with E-state index in [1.807, 2.05) is 0 Å². The number of methoxy groups -OCH3 is 1.